The maximum atomic E-state index is 13.2. The Morgan fingerprint density at radius 2 is 2.00 bits per heavy atom. The molecule has 1 fully saturated rings. The molecule has 0 saturated heterocycles. The normalized spacial score (nSPS) is 13.6. The monoisotopic (exact) mass is 425 g/mol. The van der Waals surface area contributed by atoms with E-state index in [1.807, 2.05) is 6.07 Å². The lowest BCUT2D eigenvalue weighted by Gasteiger charge is -2.15. The van der Waals surface area contributed by atoms with Crippen LogP contribution in [0.5, 0.6) is 0 Å². The van der Waals surface area contributed by atoms with Crippen molar-refractivity contribution in [1.29, 1.82) is 5.26 Å². The van der Waals surface area contributed by atoms with Crippen molar-refractivity contribution in [3.8, 4) is 17.3 Å². The smallest absolute Gasteiger partial charge is 0.335 e. The van der Waals surface area contributed by atoms with Crippen LogP contribution in [-0.4, -0.2) is 23.9 Å². The number of hydrogen-bond acceptors (Lipinski definition) is 6. The predicted molar refractivity (Wildman–Crippen MR) is 108 cm³/mol. The molecule has 1 aromatic heterocycles. The topological polar surface area (TPSA) is 120 Å². The van der Waals surface area contributed by atoms with Crippen LogP contribution in [0.25, 0.3) is 11.3 Å². The number of aromatic nitrogens is 1. The van der Waals surface area contributed by atoms with Crippen LogP contribution in [0.1, 0.15) is 40.2 Å². The van der Waals surface area contributed by atoms with E-state index in [0.29, 0.717) is 22.4 Å². The zero-order valence-corrected chi connectivity index (χ0v) is 16.6. The van der Waals surface area contributed by atoms with E-state index >= 15 is 0 Å². The minimum absolute atomic E-state index is 0.0495. The molecule has 0 radical (unpaired) electrons. The van der Waals surface area contributed by atoms with Gasteiger partial charge in [0.05, 0.1) is 33.5 Å². The van der Waals surface area contributed by atoms with Crippen LogP contribution in [0.15, 0.2) is 52.7 Å². The summed E-state index contributed by atoms with van der Waals surface area (Å²) in [7, 11) is -4.09. The first kappa shape index (κ1) is 19.1. The third-order valence-electron chi connectivity index (χ3n) is 4.67. The van der Waals surface area contributed by atoms with Gasteiger partial charge in [-0.05, 0) is 72.3 Å². The zero-order chi connectivity index (χ0) is 20.6. The van der Waals surface area contributed by atoms with Gasteiger partial charge in [0, 0.05) is 10.9 Å². The average Bonchev–Trinajstić information content (AvgIpc) is 3.41. The van der Waals surface area contributed by atoms with Crippen molar-refractivity contribution in [3.63, 3.8) is 0 Å². The Kier molecular flexibility index (Phi) is 4.82. The first-order valence-electron chi connectivity index (χ1n) is 8.74. The minimum Gasteiger partial charge on any atom is -0.478 e. The summed E-state index contributed by atoms with van der Waals surface area (Å²) in [6, 6.07) is 12.6. The number of aromatic carboxylic acids is 1. The van der Waals surface area contributed by atoms with Crippen LogP contribution in [0.2, 0.25) is 0 Å². The van der Waals surface area contributed by atoms with Gasteiger partial charge in [-0.3, -0.25) is 4.72 Å². The van der Waals surface area contributed by atoms with Gasteiger partial charge in [-0.25, -0.2) is 13.2 Å². The summed E-state index contributed by atoms with van der Waals surface area (Å²) in [5.74, 6) is -1.09. The van der Waals surface area contributed by atoms with Crippen molar-refractivity contribution in [2.45, 2.75) is 23.7 Å². The third kappa shape index (κ3) is 3.85. The average molecular weight is 425 g/mol. The number of rotatable bonds is 6. The molecular formula is C20H15N3O4S2. The van der Waals surface area contributed by atoms with Gasteiger partial charge >= 0.3 is 5.97 Å². The molecule has 4 rings (SSSR count). The summed E-state index contributed by atoms with van der Waals surface area (Å²) < 4.78 is 33.3. The third-order valence-corrected chi connectivity index (χ3v) is 6.66. The molecule has 29 heavy (non-hydrogen) atoms. The van der Waals surface area contributed by atoms with Crippen molar-refractivity contribution >= 4 is 33.2 Å². The second-order valence-corrected chi connectivity index (χ2v) is 9.01. The van der Waals surface area contributed by atoms with E-state index < -0.39 is 16.0 Å². The number of hydrogen-bond donors (Lipinski definition) is 2. The zero-order valence-electron chi connectivity index (χ0n) is 15.0. The summed E-state index contributed by atoms with van der Waals surface area (Å²) in [4.78, 5) is 11.3. The van der Waals surface area contributed by atoms with Crippen LogP contribution in [-0.2, 0) is 10.0 Å². The lowest BCUT2D eigenvalue weighted by Crippen LogP contribution is -2.16. The van der Waals surface area contributed by atoms with Gasteiger partial charge in [0.25, 0.3) is 10.0 Å². The fourth-order valence-corrected chi connectivity index (χ4v) is 5.02. The number of nitriles is 1. The van der Waals surface area contributed by atoms with E-state index in [1.165, 1.54) is 29.7 Å². The summed E-state index contributed by atoms with van der Waals surface area (Å²) in [5.41, 5.74) is 2.14. The predicted octanol–water partition coefficient (Wildman–Crippen LogP) is 4.06. The molecule has 146 valence electrons. The van der Waals surface area contributed by atoms with Gasteiger partial charge in [0.1, 0.15) is 0 Å². The summed E-state index contributed by atoms with van der Waals surface area (Å²) in [6.45, 7) is 0. The molecule has 0 atom stereocenters. The molecule has 1 saturated carbocycles. The van der Waals surface area contributed by atoms with Gasteiger partial charge in [-0.15, -0.1) is 0 Å². The Labute approximate surface area is 171 Å². The van der Waals surface area contributed by atoms with Crippen molar-refractivity contribution < 1.29 is 18.3 Å². The van der Waals surface area contributed by atoms with Gasteiger partial charge in [0.2, 0.25) is 0 Å². The second-order valence-electron chi connectivity index (χ2n) is 6.69. The van der Waals surface area contributed by atoms with E-state index in [9.17, 15) is 23.6 Å². The molecule has 0 spiro atoms. The molecule has 9 heteroatoms. The largest absolute Gasteiger partial charge is 0.478 e. The second kappa shape index (κ2) is 7.31. The fraction of sp³-hybridized carbons (Fsp3) is 0.150. The summed E-state index contributed by atoms with van der Waals surface area (Å²) >= 11 is 1.23. The van der Waals surface area contributed by atoms with Gasteiger partial charge < -0.3 is 5.11 Å². The lowest BCUT2D eigenvalue weighted by molar-refractivity contribution is 0.0696. The van der Waals surface area contributed by atoms with Crippen molar-refractivity contribution in [1.82, 2.24) is 4.37 Å². The number of nitrogens with zero attached hydrogens (tertiary/aromatic N) is 2. The molecule has 0 bridgehead atoms. The van der Waals surface area contributed by atoms with Crippen LogP contribution in [0, 0.1) is 11.3 Å². The van der Waals surface area contributed by atoms with E-state index in [-0.39, 0.29) is 22.1 Å². The fourth-order valence-electron chi connectivity index (χ4n) is 3.10. The molecular weight excluding hydrogens is 410 g/mol. The highest BCUT2D eigenvalue weighted by Gasteiger charge is 2.31. The Morgan fingerprint density at radius 3 is 2.62 bits per heavy atom. The maximum absolute atomic E-state index is 13.2. The molecule has 1 heterocycles. The summed E-state index contributed by atoms with van der Waals surface area (Å²) in [5, 5.41) is 20.3. The van der Waals surface area contributed by atoms with E-state index in [4.69, 9.17) is 0 Å². The number of sulfonamides is 1. The Balaban J connectivity index is 1.82. The molecule has 3 aromatic rings. The highest BCUT2D eigenvalue weighted by atomic mass is 32.2. The molecule has 7 nitrogen and oxygen atoms in total. The number of nitrogens with one attached hydrogen (secondary N) is 1. The first-order chi connectivity index (χ1) is 13.9. The van der Waals surface area contributed by atoms with Crippen LogP contribution in [0.4, 0.5) is 5.69 Å². The molecule has 0 amide bonds. The Hall–Kier alpha value is -3.22. The molecule has 0 unspecified atom stereocenters. The van der Waals surface area contributed by atoms with Crippen LogP contribution in [0.3, 0.4) is 0 Å². The molecule has 0 aliphatic heterocycles. The van der Waals surface area contributed by atoms with Crippen LogP contribution < -0.4 is 4.72 Å². The maximum Gasteiger partial charge on any atom is 0.335 e. The van der Waals surface area contributed by atoms with E-state index in [1.54, 1.807) is 29.6 Å². The van der Waals surface area contributed by atoms with Crippen LogP contribution >= 0.6 is 11.5 Å². The van der Waals surface area contributed by atoms with Crippen molar-refractivity contribution in [2.24, 2.45) is 0 Å². The number of carbonyl (C=O) groups is 1. The highest BCUT2D eigenvalue weighted by molar-refractivity contribution is 7.92. The Bertz CT molecular complexity index is 1240. The van der Waals surface area contributed by atoms with Gasteiger partial charge in [-0.2, -0.15) is 9.64 Å². The lowest BCUT2D eigenvalue weighted by atomic mass is 10.1. The number of anilines is 1. The Morgan fingerprint density at radius 1 is 1.21 bits per heavy atom. The number of benzene rings is 2. The van der Waals surface area contributed by atoms with E-state index in [0.717, 1.165) is 12.8 Å². The first-order valence-corrected chi connectivity index (χ1v) is 11.1. The van der Waals surface area contributed by atoms with E-state index in [2.05, 4.69) is 9.10 Å². The quantitative estimate of drug-likeness (QED) is 0.614. The molecule has 2 aromatic carbocycles. The number of carboxylic acid groups (broad SMARTS) is 1. The SMILES string of the molecule is N#Cc1ccc(-c2ccsn2)c(NS(=O)(=O)c2cc(C(=O)O)ccc2C2CC2)c1. The number of carboxylic acids is 1. The highest BCUT2D eigenvalue weighted by Crippen LogP contribution is 2.43. The minimum atomic E-state index is -4.09. The van der Waals surface area contributed by atoms with Crippen molar-refractivity contribution in [3.05, 3.63) is 64.5 Å². The van der Waals surface area contributed by atoms with Gasteiger partial charge in [0.15, 0.2) is 0 Å². The molecule has 1 aliphatic carbocycles. The van der Waals surface area contributed by atoms with Crippen molar-refractivity contribution in [2.75, 3.05) is 4.72 Å². The molecule has 2 N–H and O–H groups in total. The summed E-state index contributed by atoms with van der Waals surface area (Å²) in [6.07, 6.45) is 1.73. The molecule has 1 aliphatic rings. The standard InChI is InChI=1S/C20H15N3O4S2/c21-11-12-1-5-16(17-7-8-28-22-17)18(9-12)23-29(26,27)19-10-14(20(24)25)4-6-15(19)13-2-3-13/h1,4-10,13,23H,2-3H2,(H,24,25). The van der Waals surface area contributed by atoms with Gasteiger partial charge in [-0.1, -0.05) is 6.07 Å².